The van der Waals surface area contributed by atoms with Crippen molar-refractivity contribution in [3.05, 3.63) is 119 Å². The molecule has 1 amide bonds. The molecule has 1 saturated heterocycles. The molecular formula is C53H69F2NO9Si. The quantitative estimate of drug-likeness (QED) is 0.0541. The van der Waals surface area contributed by atoms with Gasteiger partial charge in [0.2, 0.25) is 14.2 Å². The van der Waals surface area contributed by atoms with E-state index in [1.54, 1.807) is 17.0 Å². The smallest absolute Gasteiger partial charge is 0.311 e. The van der Waals surface area contributed by atoms with Gasteiger partial charge in [0, 0.05) is 17.6 Å². The number of allylic oxidation sites excluding steroid dienone is 3. The van der Waals surface area contributed by atoms with Gasteiger partial charge >= 0.3 is 11.9 Å². The summed E-state index contributed by atoms with van der Waals surface area (Å²) in [4.78, 5) is 41.2. The first-order valence-electron chi connectivity index (χ1n) is 23.7. The first-order valence-corrected chi connectivity index (χ1v) is 26.8. The van der Waals surface area contributed by atoms with Crippen molar-refractivity contribution in [1.82, 2.24) is 0 Å². The fourth-order valence-electron chi connectivity index (χ4n) is 9.62. The predicted octanol–water partition coefficient (Wildman–Crippen LogP) is 10.3. The standard InChI is InChI=1S/C53H69F2NO9Si/c1-8-53(4,5)52(62)64-47-30-33(2)29-37-10-9-34(3)44(49(37)47)24-21-41(57)31-42(58)32-48(60)63-27-28-66(6,7)65-43-22-13-36(14-23-43)50-45(25-26-46(59)35-11-15-38(54)16-12-35)51(61)56(50)40-19-17-39(55)18-20-40/h9-20,22-23,29,33-34,41-42,44-47,49-50,57-59H,8,21,24-28,30-32H2,1-7H3. The van der Waals surface area contributed by atoms with E-state index in [1.807, 2.05) is 58.1 Å². The Hall–Kier alpha value is -4.69. The molecule has 10 nitrogen and oxygen atoms in total. The van der Waals surface area contributed by atoms with E-state index in [1.165, 1.54) is 42.0 Å². The number of anilines is 1. The third-order valence-corrected chi connectivity index (χ3v) is 16.2. The van der Waals surface area contributed by atoms with Gasteiger partial charge in [0.25, 0.3) is 0 Å². The van der Waals surface area contributed by atoms with Crippen molar-refractivity contribution in [2.75, 3.05) is 11.5 Å². The van der Waals surface area contributed by atoms with Crippen LogP contribution in [0.5, 0.6) is 5.75 Å². The molecule has 1 heterocycles. The average Bonchev–Trinajstić information content (AvgIpc) is 3.26. The van der Waals surface area contributed by atoms with Gasteiger partial charge < -0.3 is 34.1 Å². The van der Waals surface area contributed by atoms with Crippen molar-refractivity contribution in [3.8, 4) is 5.75 Å². The number of nitrogens with zero attached hydrogens (tertiary/aromatic N) is 1. The number of aliphatic hydroxyl groups is 3. The lowest BCUT2D eigenvalue weighted by atomic mass is 9.65. The van der Waals surface area contributed by atoms with E-state index in [-0.39, 0.29) is 67.1 Å². The Morgan fingerprint density at radius 2 is 1.55 bits per heavy atom. The lowest BCUT2D eigenvalue weighted by Gasteiger charge is -2.48. The van der Waals surface area contributed by atoms with Crippen LogP contribution >= 0.6 is 0 Å². The van der Waals surface area contributed by atoms with Crippen LogP contribution in [0.4, 0.5) is 14.5 Å². The second-order valence-corrected chi connectivity index (χ2v) is 24.3. The van der Waals surface area contributed by atoms with Crippen LogP contribution in [0.1, 0.15) is 109 Å². The number of carbonyl (C=O) groups is 3. The van der Waals surface area contributed by atoms with Crippen molar-refractivity contribution >= 4 is 31.9 Å². The Morgan fingerprint density at radius 1 is 0.894 bits per heavy atom. The van der Waals surface area contributed by atoms with E-state index >= 15 is 0 Å². The SMILES string of the molecule is CCC(C)(C)C(=O)OC1CC(C)C=C2C=CC(C)C(CCC(O)CC(O)CC(=O)OCC[Si](C)(C)Oc3ccc(C4C(CCC(O)c5ccc(F)cc5)C(=O)N4c4ccc(F)cc4)cc3)C21. The summed E-state index contributed by atoms with van der Waals surface area (Å²) in [6.07, 6.45) is 6.61. The van der Waals surface area contributed by atoms with Gasteiger partial charge in [-0.3, -0.25) is 14.4 Å². The van der Waals surface area contributed by atoms with Crippen LogP contribution in [0.25, 0.3) is 0 Å². The predicted molar refractivity (Wildman–Crippen MR) is 253 cm³/mol. The Balaban J connectivity index is 0.967. The number of fused-ring (bicyclic) bond motifs is 1. The molecule has 3 aromatic carbocycles. The summed E-state index contributed by atoms with van der Waals surface area (Å²) < 4.78 is 45.5. The molecular weight excluding hydrogens is 861 g/mol. The molecule has 0 radical (unpaired) electrons. The van der Waals surface area contributed by atoms with Gasteiger partial charge in [-0.15, -0.1) is 0 Å². The van der Waals surface area contributed by atoms with Crippen LogP contribution in [0.15, 0.2) is 96.6 Å². The summed E-state index contributed by atoms with van der Waals surface area (Å²) in [5, 5.41) is 32.6. The Morgan fingerprint density at radius 3 is 2.20 bits per heavy atom. The zero-order valence-electron chi connectivity index (χ0n) is 39.5. The Bertz CT molecular complexity index is 2180. The van der Waals surface area contributed by atoms with Crippen LogP contribution in [0, 0.1) is 46.6 Å². The number of amides is 1. The van der Waals surface area contributed by atoms with Crippen molar-refractivity contribution < 1.29 is 52.4 Å². The number of β-lactam (4-membered cyclic amide) rings is 1. The van der Waals surface area contributed by atoms with Crippen LogP contribution in [0.3, 0.4) is 0 Å². The molecule has 0 saturated carbocycles. The summed E-state index contributed by atoms with van der Waals surface area (Å²) in [5.41, 5.74) is 2.58. The van der Waals surface area contributed by atoms with E-state index in [0.717, 1.165) is 12.0 Å². The van der Waals surface area contributed by atoms with Crippen molar-refractivity contribution in [1.29, 1.82) is 0 Å². The zero-order valence-corrected chi connectivity index (χ0v) is 40.5. The number of benzene rings is 3. The van der Waals surface area contributed by atoms with E-state index < -0.39 is 55.6 Å². The maximum atomic E-state index is 13.8. The van der Waals surface area contributed by atoms with E-state index in [0.29, 0.717) is 55.1 Å². The molecule has 1 aliphatic heterocycles. The fourth-order valence-corrected chi connectivity index (χ4v) is 11.1. The third-order valence-electron chi connectivity index (χ3n) is 14.0. The summed E-state index contributed by atoms with van der Waals surface area (Å²) in [7, 11) is -2.42. The molecule has 3 aliphatic rings. The van der Waals surface area contributed by atoms with Gasteiger partial charge in [-0.05, 0) is 155 Å². The molecule has 13 heteroatoms. The monoisotopic (exact) mass is 929 g/mol. The molecule has 1 fully saturated rings. The highest BCUT2D eigenvalue weighted by molar-refractivity contribution is 6.71. The number of hydrogen-bond donors (Lipinski definition) is 3. The lowest BCUT2D eigenvalue weighted by molar-refractivity contribution is -0.164. The highest BCUT2D eigenvalue weighted by atomic mass is 28.4. The molecule has 0 bridgehead atoms. The average molecular weight is 930 g/mol. The molecule has 0 spiro atoms. The number of aliphatic hydroxyl groups excluding tert-OH is 3. The van der Waals surface area contributed by atoms with Crippen LogP contribution in [-0.2, 0) is 23.9 Å². The van der Waals surface area contributed by atoms with Gasteiger partial charge in [-0.25, -0.2) is 8.78 Å². The van der Waals surface area contributed by atoms with Crippen molar-refractivity contribution in [3.63, 3.8) is 0 Å². The topological polar surface area (TPSA) is 143 Å². The van der Waals surface area contributed by atoms with Crippen LogP contribution in [0.2, 0.25) is 19.1 Å². The minimum absolute atomic E-state index is 0.0292. The minimum Gasteiger partial charge on any atom is -0.544 e. The maximum absolute atomic E-state index is 13.8. The molecule has 3 N–H and O–H groups in total. The number of carbonyl (C=O) groups excluding carboxylic acids is 3. The molecule has 10 unspecified atom stereocenters. The van der Waals surface area contributed by atoms with E-state index in [9.17, 15) is 38.5 Å². The number of halogens is 2. The van der Waals surface area contributed by atoms with Crippen LogP contribution in [-0.4, -0.2) is 66.4 Å². The largest absolute Gasteiger partial charge is 0.544 e. The van der Waals surface area contributed by atoms with Gasteiger partial charge in [-0.2, -0.15) is 0 Å². The third kappa shape index (κ3) is 12.8. The minimum atomic E-state index is -2.42. The van der Waals surface area contributed by atoms with Gasteiger partial charge in [-0.1, -0.05) is 63.3 Å². The number of ether oxygens (including phenoxy) is 2. The molecule has 358 valence electrons. The molecule has 6 rings (SSSR count). The Labute approximate surface area is 390 Å². The first kappa shape index (κ1) is 50.7. The molecule has 0 aromatic heterocycles. The number of esters is 2. The lowest BCUT2D eigenvalue weighted by Crippen LogP contribution is -2.55. The molecule has 2 aliphatic carbocycles. The van der Waals surface area contributed by atoms with Gasteiger partial charge in [0.05, 0.1) is 48.7 Å². The van der Waals surface area contributed by atoms with Gasteiger partial charge in [0.1, 0.15) is 23.5 Å². The van der Waals surface area contributed by atoms with Crippen LogP contribution < -0.4 is 9.33 Å². The highest BCUT2D eigenvalue weighted by Crippen LogP contribution is 2.48. The normalized spacial score (nSPS) is 24.4. The van der Waals surface area contributed by atoms with E-state index in [4.69, 9.17) is 13.9 Å². The fraction of sp³-hybridized carbons (Fsp3) is 0.528. The Kier molecular flexibility index (Phi) is 16.9. The second-order valence-electron chi connectivity index (χ2n) is 20.1. The number of hydrogen-bond acceptors (Lipinski definition) is 9. The summed E-state index contributed by atoms with van der Waals surface area (Å²) in [6.45, 7) is 14.2. The highest BCUT2D eigenvalue weighted by Gasteiger charge is 2.49. The summed E-state index contributed by atoms with van der Waals surface area (Å²) in [6, 6.07) is 19.0. The summed E-state index contributed by atoms with van der Waals surface area (Å²) in [5.74, 6) is -0.845. The van der Waals surface area contributed by atoms with E-state index in [2.05, 4.69) is 32.1 Å². The number of rotatable bonds is 21. The second kappa shape index (κ2) is 21.9. The molecule has 10 atom stereocenters. The van der Waals surface area contributed by atoms with Crippen molar-refractivity contribution in [2.45, 2.75) is 136 Å². The molecule has 3 aromatic rings. The maximum Gasteiger partial charge on any atom is 0.311 e. The summed E-state index contributed by atoms with van der Waals surface area (Å²) >= 11 is 0. The van der Waals surface area contributed by atoms with Gasteiger partial charge in [0.15, 0.2) is 0 Å². The molecule has 66 heavy (non-hydrogen) atoms. The first-order chi connectivity index (χ1) is 31.2. The zero-order chi connectivity index (χ0) is 47.9. The van der Waals surface area contributed by atoms with Crippen molar-refractivity contribution in [2.24, 2.45) is 35.0 Å².